The first kappa shape index (κ1) is 22.1. The van der Waals surface area contributed by atoms with Gasteiger partial charge in [-0.05, 0) is 57.3 Å². The topological polar surface area (TPSA) is 73.0 Å². The van der Waals surface area contributed by atoms with Crippen molar-refractivity contribution < 1.29 is 13.2 Å². The van der Waals surface area contributed by atoms with E-state index in [1.54, 1.807) is 9.21 Å². The molecule has 0 saturated carbocycles. The smallest absolute Gasteiger partial charge is 0.317 e. The molecule has 1 aromatic carbocycles. The number of carbonyl (C=O) groups is 1. The van der Waals surface area contributed by atoms with Crippen LogP contribution >= 0.6 is 0 Å². The number of benzene rings is 1. The Morgan fingerprint density at radius 3 is 2.55 bits per heavy atom. The maximum atomic E-state index is 12.6. The predicted octanol–water partition coefficient (Wildman–Crippen LogP) is 2.11. The van der Waals surface area contributed by atoms with E-state index in [0.717, 1.165) is 44.5 Å². The van der Waals surface area contributed by atoms with Crippen LogP contribution in [0.4, 0.5) is 4.79 Å². The van der Waals surface area contributed by atoms with E-state index < -0.39 is 10.0 Å². The van der Waals surface area contributed by atoms with Crippen molar-refractivity contribution in [2.45, 2.75) is 44.7 Å². The molecule has 0 radical (unpaired) electrons. The van der Waals surface area contributed by atoms with Crippen molar-refractivity contribution >= 4 is 16.1 Å². The van der Waals surface area contributed by atoms with Gasteiger partial charge in [0.2, 0.25) is 10.0 Å². The largest absolute Gasteiger partial charge is 0.334 e. The lowest BCUT2D eigenvalue weighted by Crippen LogP contribution is -2.53. The third kappa shape index (κ3) is 6.69. The molecule has 1 atom stereocenters. The van der Waals surface area contributed by atoms with Gasteiger partial charge in [-0.3, -0.25) is 0 Å². The number of nitrogens with one attached hydrogen (secondary N) is 1. The lowest BCUT2D eigenvalue weighted by atomic mass is 10.1. The van der Waals surface area contributed by atoms with Crippen LogP contribution < -0.4 is 5.32 Å². The third-order valence-electron chi connectivity index (χ3n) is 5.86. The Balaban J connectivity index is 1.53. The average molecular weight is 423 g/mol. The van der Waals surface area contributed by atoms with Gasteiger partial charge >= 0.3 is 6.03 Å². The molecular weight excluding hydrogens is 388 g/mol. The highest BCUT2D eigenvalue weighted by Crippen LogP contribution is 2.19. The number of piperidine rings is 1. The fourth-order valence-electron chi connectivity index (χ4n) is 4.34. The van der Waals surface area contributed by atoms with Crippen molar-refractivity contribution in [1.82, 2.24) is 19.4 Å². The summed E-state index contributed by atoms with van der Waals surface area (Å²) in [6, 6.07) is 9.54. The maximum Gasteiger partial charge on any atom is 0.317 e. The van der Waals surface area contributed by atoms with E-state index in [1.807, 2.05) is 30.3 Å². The number of rotatable bonds is 8. The zero-order chi connectivity index (χ0) is 20.7. The summed E-state index contributed by atoms with van der Waals surface area (Å²) in [5.41, 5.74) is 1.05. The fraction of sp³-hybridized carbons (Fsp3) is 0.667. The normalized spacial score (nSPS) is 20.9. The molecule has 0 aromatic heterocycles. The van der Waals surface area contributed by atoms with Gasteiger partial charge in [0.1, 0.15) is 0 Å². The molecule has 2 amide bonds. The van der Waals surface area contributed by atoms with Gasteiger partial charge in [-0.2, -0.15) is 4.31 Å². The summed E-state index contributed by atoms with van der Waals surface area (Å²) in [7, 11) is -3.31. The predicted molar refractivity (Wildman–Crippen MR) is 115 cm³/mol. The molecule has 8 heteroatoms. The molecule has 0 aliphatic carbocycles. The molecule has 7 nitrogen and oxygen atoms in total. The van der Waals surface area contributed by atoms with E-state index in [-0.39, 0.29) is 12.1 Å². The first-order valence-electron chi connectivity index (χ1n) is 10.7. The number of carbonyl (C=O) groups excluding carboxylic acids is 1. The zero-order valence-electron chi connectivity index (χ0n) is 17.4. The Kier molecular flexibility index (Phi) is 7.91. The van der Waals surface area contributed by atoms with Crippen molar-refractivity contribution in [2.75, 3.05) is 45.5 Å². The molecule has 1 aromatic rings. The van der Waals surface area contributed by atoms with Crippen LogP contribution in [0.2, 0.25) is 0 Å². The van der Waals surface area contributed by atoms with Crippen LogP contribution in [0, 0.1) is 0 Å². The van der Waals surface area contributed by atoms with Gasteiger partial charge in [-0.15, -0.1) is 0 Å². The molecule has 2 saturated heterocycles. The molecule has 2 fully saturated rings. The van der Waals surface area contributed by atoms with E-state index in [0.29, 0.717) is 26.2 Å². The number of hydrogen-bond acceptors (Lipinski definition) is 4. The van der Waals surface area contributed by atoms with Gasteiger partial charge in [-0.1, -0.05) is 30.3 Å². The highest BCUT2D eigenvalue weighted by atomic mass is 32.2. The number of amides is 2. The Morgan fingerprint density at radius 2 is 1.86 bits per heavy atom. The van der Waals surface area contributed by atoms with Crippen molar-refractivity contribution in [3.8, 4) is 0 Å². The van der Waals surface area contributed by atoms with Crippen molar-refractivity contribution in [3.05, 3.63) is 35.9 Å². The quantitative estimate of drug-likeness (QED) is 0.696. The molecular formula is C21H34N4O3S. The third-order valence-corrected chi connectivity index (χ3v) is 7.19. The zero-order valence-corrected chi connectivity index (χ0v) is 18.2. The minimum atomic E-state index is -3.31. The van der Waals surface area contributed by atoms with Crippen LogP contribution in [0.1, 0.15) is 37.7 Å². The molecule has 1 N–H and O–H groups in total. The van der Waals surface area contributed by atoms with Crippen molar-refractivity contribution in [3.63, 3.8) is 0 Å². The lowest BCUT2D eigenvalue weighted by Gasteiger charge is -2.38. The Hall–Kier alpha value is -1.64. The van der Waals surface area contributed by atoms with Crippen molar-refractivity contribution in [2.24, 2.45) is 0 Å². The lowest BCUT2D eigenvalue weighted by molar-refractivity contribution is 0.148. The van der Waals surface area contributed by atoms with Gasteiger partial charge in [-0.25, -0.2) is 13.2 Å². The summed E-state index contributed by atoms with van der Waals surface area (Å²) >= 11 is 0. The highest BCUT2D eigenvalue weighted by molar-refractivity contribution is 7.88. The fourth-order valence-corrected chi connectivity index (χ4v) is 5.51. The first-order chi connectivity index (χ1) is 13.9. The summed E-state index contributed by atoms with van der Waals surface area (Å²) < 4.78 is 26.5. The van der Waals surface area contributed by atoms with E-state index in [9.17, 15) is 13.2 Å². The number of hydrogen-bond donors (Lipinski definition) is 1. The maximum absolute atomic E-state index is 12.6. The van der Waals surface area contributed by atoms with Crippen LogP contribution in [0.25, 0.3) is 0 Å². The van der Waals surface area contributed by atoms with Crippen LogP contribution in [0.3, 0.4) is 0 Å². The minimum Gasteiger partial charge on any atom is -0.334 e. The van der Waals surface area contributed by atoms with Gasteiger partial charge < -0.3 is 15.1 Å². The second kappa shape index (κ2) is 10.4. The van der Waals surface area contributed by atoms with Crippen LogP contribution in [0.5, 0.6) is 0 Å². The molecule has 162 valence electrons. The van der Waals surface area contributed by atoms with Gasteiger partial charge in [0.05, 0.1) is 6.26 Å². The second-order valence-corrected chi connectivity index (χ2v) is 10.1. The van der Waals surface area contributed by atoms with Crippen LogP contribution in [-0.2, 0) is 16.6 Å². The number of nitrogens with zero attached hydrogens (tertiary/aromatic N) is 3. The molecule has 29 heavy (non-hydrogen) atoms. The van der Waals surface area contributed by atoms with E-state index in [2.05, 4.69) is 10.2 Å². The van der Waals surface area contributed by atoms with Gasteiger partial charge in [0.25, 0.3) is 0 Å². The highest BCUT2D eigenvalue weighted by Gasteiger charge is 2.32. The molecule has 2 aliphatic rings. The Labute approximate surface area is 175 Å². The Morgan fingerprint density at radius 1 is 1.14 bits per heavy atom. The molecule has 0 spiro atoms. The number of urea groups is 1. The van der Waals surface area contributed by atoms with Crippen LogP contribution in [0.15, 0.2) is 30.3 Å². The SMILES string of the molecule is CS(=O)(=O)N(CCCN1CCCC1)C1CCCN(C(=O)NCc2ccccc2)C1. The minimum absolute atomic E-state index is 0.121. The molecule has 2 heterocycles. The summed E-state index contributed by atoms with van der Waals surface area (Å²) in [4.78, 5) is 16.8. The summed E-state index contributed by atoms with van der Waals surface area (Å²) in [6.07, 6.45) is 6.23. The standard InChI is InChI=1S/C21H34N4O3S/c1-29(27,28)25(16-8-14-23-12-5-6-13-23)20-11-7-15-24(18-20)21(26)22-17-19-9-3-2-4-10-19/h2-4,9-10,20H,5-8,11-18H2,1H3,(H,22,26). The van der Waals surface area contributed by atoms with E-state index in [1.165, 1.54) is 19.1 Å². The van der Waals surface area contributed by atoms with Gasteiger partial charge in [0.15, 0.2) is 0 Å². The molecule has 2 aliphatic heterocycles. The first-order valence-corrected chi connectivity index (χ1v) is 12.5. The summed E-state index contributed by atoms with van der Waals surface area (Å²) in [5, 5.41) is 2.96. The van der Waals surface area contributed by atoms with Crippen molar-refractivity contribution in [1.29, 1.82) is 0 Å². The molecule has 0 bridgehead atoms. The monoisotopic (exact) mass is 422 g/mol. The van der Waals surface area contributed by atoms with E-state index in [4.69, 9.17) is 0 Å². The molecule has 1 unspecified atom stereocenters. The van der Waals surface area contributed by atoms with Gasteiger partial charge in [0, 0.05) is 32.2 Å². The summed E-state index contributed by atoms with van der Waals surface area (Å²) in [5.74, 6) is 0. The average Bonchev–Trinajstić information content (AvgIpc) is 3.23. The van der Waals surface area contributed by atoms with E-state index >= 15 is 0 Å². The number of sulfonamides is 1. The Bertz CT molecular complexity index is 750. The summed E-state index contributed by atoms with van der Waals surface area (Å²) in [6.45, 7) is 5.32. The second-order valence-electron chi connectivity index (χ2n) is 8.16. The number of likely N-dealkylation sites (tertiary alicyclic amines) is 2. The molecule has 3 rings (SSSR count). The van der Waals surface area contributed by atoms with Crippen LogP contribution in [-0.4, -0.2) is 80.1 Å².